The predicted molar refractivity (Wildman–Crippen MR) is 106 cm³/mol. The number of morpholine rings is 1. The summed E-state index contributed by atoms with van der Waals surface area (Å²) in [5.74, 6) is 0.788. The Balaban J connectivity index is 1.60. The molecule has 0 radical (unpaired) electrons. The largest absolute Gasteiger partial charge is 0.494 e. The molecule has 0 bridgehead atoms. The van der Waals surface area contributed by atoms with Crippen LogP contribution in [0.1, 0.15) is 41.4 Å². The van der Waals surface area contributed by atoms with Gasteiger partial charge < -0.3 is 14.8 Å². The standard InChI is InChI=1S/C22H28N2O3/c1-3-27-21-9-7-19(8-10-21)17(2)23-22(25)20-6-4-5-18(15-20)16-24-11-13-26-14-12-24/h4-10,15,17H,3,11-14,16H2,1-2H3,(H,23,25)/t17-/m0/s1. The number of ether oxygens (including phenoxy) is 2. The zero-order valence-electron chi connectivity index (χ0n) is 16.1. The molecule has 1 N–H and O–H groups in total. The van der Waals surface area contributed by atoms with E-state index in [0.29, 0.717) is 12.2 Å². The molecule has 3 rings (SSSR count). The minimum atomic E-state index is -0.0731. The van der Waals surface area contributed by atoms with Crippen LogP contribution in [0, 0.1) is 0 Å². The van der Waals surface area contributed by atoms with E-state index in [9.17, 15) is 4.79 Å². The Kier molecular flexibility index (Phi) is 6.85. The first-order chi connectivity index (χ1) is 13.2. The molecule has 27 heavy (non-hydrogen) atoms. The van der Waals surface area contributed by atoms with Crippen LogP contribution in [0.4, 0.5) is 0 Å². The van der Waals surface area contributed by atoms with Gasteiger partial charge in [-0.25, -0.2) is 0 Å². The van der Waals surface area contributed by atoms with E-state index < -0.39 is 0 Å². The van der Waals surface area contributed by atoms with Crippen LogP contribution in [-0.2, 0) is 11.3 Å². The zero-order chi connectivity index (χ0) is 19.1. The van der Waals surface area contributed by atoms with Crippen molar-refractivity contribution in [1.82, 2.24) is 10.2 Å². The molecule has 1 amide bonds. The second-order valence-electron chi connectivity index (χ2n) is 6.79. The van der Waals surface area contributed by atoms with E-state index in [1.165, 1.54) is 0 Å². The minimum absolute atomic E-state index is 0.0554. The third-order valence-electron chi connectivity index (χ3n) is 4.74. The number of benzene rings is 2. The minimum Gasteiger partial charge on any atom is -0.494 e. The van der Waals surface area contributed by atoms with Crippen molar-refractivity contribution in [2.75, 3.05) is 32.9 Å². The van der Waals surface area contributed by atoms with E-state index in [4.69, 9.17) is 9.47 Å². The maximum Gasteiger partial charge on any atom is 0.251 e. The molecule has 144 valence electrons. The molecule has 1 saturated heterocycles. The summed E-state index contributed by atoms with van der Waals surface area (Å²) < 4.78 is 10.9. The van der Waals surface area contributed by atoms with Gasteiger partial charge in [-0.15, -0.1) is 0 Å². The molecular formula is C22H28N2O3. The normalized spacial score (nSPS) is 15.9. The summed E-state index contributed by atoms with van der Waals surface area (Å²) in [5, 5.41) is 3.08. The van der Waals surface area contributed by atoms with Gasteiger partial charge in [0.15, 0.2) is 0 Å². The fourth-order valence-electron chi connectivity index (χ4n) is 3.21. The molecule has 1 fully saturated rings. The Hall–Kier alpha value is -2.37. The van der Waals surface area contributed by atoms with Gasteiger partial charge in [0.05, 0.1) is 25.9 Å². The molecule has 1 heterocycles. The molecule has 0 aromatic heterocycles. The highest BCUT2D eigenvalue weighted by molar-refractivity contribution is 5.94. The fourth-order valence-corrected chi connectivity index (χ4v) is 3.21. The van der Waals surface area contributed by atoms with Crippen LogP contribution >= 0.6 is 0 Å². The quantitative estimate of drug-likeness (QED) is 0.814. The number of rotatable bonds is 7. The average molecular weight is 368 g/mol. The van der Waals surface area contributed by atoms with Crippen LogP contribution in [0.5, 0.6) is 5.75 Å². The summed E-state index contributed by atoms with van der Waals surface area (Å²) in [6.07, 6.45) is 0. The van der Waals surface area contributed by atoms with Crippen LogP contribution in [0.2, 0.25) is 0 Å². The lowest BCUT2D eigenvalue weighted by atomic mass is 10.1. The van der Waals surface area contributed by atoms with Crippen molar-refractivity contribution >= 4 is 5.91 Å². The maximum absolute atomic E-state index is 12.7. The van der Waals surface area contributed by atoms with Crippen molar-refractivity contribution in [3.05, 3.63) is 65.2 Å². The summed E-state index contributed by atoms with van der Waals surface area (Å²) in [6.45, 7) is 8.87. The van der Waals surface area contributed by atoms with Crippen LogP contribution in [-0.4, -0.2) is 43.7 Å². The summed E-state index contributed by atoms with van der Waals surface area (Å²) >= 11 is 0. The molecule has 1 aliphatic rings. The van der Waals surface area contributed by atoms with Crippen LogP contribution in [0.15, 0.2) is 48.5 Å². The van der Waals surface area contributed by atoms with Gasteiger partial charge in [-0.1, -0.05) is 24.3 Å². The van der Waals surface area contributed by atoms with Gasteiger partial charge in [-0.05, 0) is 49.2 Å². The Morgan fingerprint density at radius 3 is 2.63 bits per heavy atom. The van der Waals surface area contributed by atoms with Gasteiger partial charge in [-0.3, -0.25) is 9.69 Å². The highest BCUT2D eigenvalue weighted by Crippen LogP contribution is 2.18. The predicted octanol–water partition coefficient (Wildman–Crippen LogP) is 3.41. The maximum atomic E-state index is 12.7. The Morgan fingerprint density at radius 1 is 1.19 bits per heavy atom. The van der Waals surface area contributed by atoms with Crippen LogP contribution < -0.4 is 10.1 Å². The lowest BCUT2D eigenvalue weighted by Gasteiger charge is -2.26. The molecule has 0 spiro atoms. The smallest absolute Gasteiger partial charge is 0.251 e. The van der Waals surface area contributed by atoms with E-state index in [1.807, 2.05) is 56.3 Å². The molecule has 1 aliphatic heterocycles. The SMILES string of the molecule is CCOc1ccc([C@H](C)NC(=O)c2cccc(CN3CCOCC3)c2)cc1. The van der Waals surface area contributed by atoms with Gasteiger partial charge in [0.25, 0.3) is 5.91 Å². The summed E-state index contributed by atoms with van der Waals surface area (Å²) in [6, 6.07) is 15.6. The first kappa shape index (κ1) is 19.4. The van der Waals surface area contributed by atoms with Crippen molar-refractivity contribution < 1.29 is 14.3 Å². The number of carbonyl (C=O) groups is 1. The number of hydrogen-bond donors (Lipinski definition) is 1. The molecule has 0 unspecified atom stereocenters. The van der Waals surface area contributed by atoms with Crippen molar-refractivity contribution in [2.45, 2.75) is 26.4 Å². The van der Waals surface area contributed by atoms with Crippen molar-refractivity contribution in [3.63, 3.8) is 0 Å². The van der Waals surface area contributed by atoms with E-state index in [1.54, 1.807) is 0 Å². The third kappa shape index (κ3) is 5.55. The Labute approximate surface area is 161 Å². The van der Waals surface area contributed by atoms with E-state index in [0.717, 1.165) is 49.7 Å². The van der Waals surface area contributed by atoms with Crippen LogP contribution in [0.3, 0.4) is 0 Å². The first-order valence-electron chi connectivity index (χ1n) is 9.58. The third-order valence-corrected chi connectivity index (χ3v) is 4.74. The molecule has 1 atom stereocenters. The van der Waals surface area contributed by atoms with Crippen molar-refractivity contribution in [1.29, 1.82) is 0 Å². The number of carbonyl (C=O) groups excluding carboxylic acids is 1. The molecule has 5 nitrogen and oxygen atoms in total. The zero-order valence-corrected chi connectivity index (χ0v) is 16.1. The molecule has 5 heteroatoms. The van der Waals surface area contributed by atoms with Crippen molar-refractivity contribution in [2.24, 2.45) is 0 Å². The average Bonchev–Trinajstić information content (AvgIpc) is 2.70. The second-order valence-corrected chi connectivity index (χ2v) is 6.79. The molecule has 0 aliphatic carbocycles. The summed E-state index contributed by atoms with van der Waals surface area (Å²) in [7, 11) is 0. The molecule has 2 aromatic carbocycles. The Morgan fingerprint density at radius 2 is 1.93 bits per heavy atom. The van der Waals surface area contributed by atoms with Crippen LogP contribution in [0.25, 0.3) is 0 Å². The fraction of sp³-hybridized carbons (Fsp3) is 0.409. The number of hydrogen-bond acceptors (Lipinski definition) is 4. The second kappa shape index (κ2) is 9.53. The summed E-state index contributed by atoms with van der Waals surface area (Å²) in [4.78, 5) is 15.0. The monoisotopic (exact) mass is 368 g/mol. The molecule has 0 saturated carbocycles. The lowest BCUT2D eigenvalue weighted by molar-refractivity contribution is 0.0342. The van der Waals surface area contributed by atoms with E-state index in [2.05, 4.69) is 16.3 Å². The van der Waals surface area contributed by atoms with Gasteiger partial charge in [0.1, 0.15) is 5.75 Å². The molecule has 2 aromatic rings. The molecular weight excluding hydrogens is 340 g/mol. The Bertz CT molecular complexity index is 739. The van der Waals surface area contributed by atoms with Crippen molar-refractivity contribution in [3.8, 4) is 5.75 Å². The van der Waals surface area contributed by atoms with E-state index in [-0.39, 0.29) is 11.9 Å². The van der Waals surface area contributed by atoms with Gasteiger partial charge in [0, 0.05) is 25.2 Å². The topological polar surface area (TPSA) is 50.8 Å². The number of amides is 1. The number of nitrogens with one attached hydrogen (secondary N) is 1. The van der Waals surface area contributed by atoms with Gasteiger partial charge in [-0.2, -0.15) is 0 Å². The first-order valence-corrected chi connectivity index (χ1v) is 9.58. The highest BCUT2D eigenvalue weighted by atomic mass is 16.5. The lowest BCUT2D eigenvalue weighted by Crippen LogP contribution is -2.35. The van der Waals surface area contributed by atoms with E-state index >= 15 is 0 Å². The van der Waals surface area contributed by atoms with Gasteiger partial charge in [0.2, 0.25) is 0 Å². The highest BCUT2D eigenvalue weighted by Gasteiger charge is 2.14. The van der Waals surface area contributed by atoms with Gasteiger partial charge >= 0.3 is 0 Å². The number of nitrogens with zero attached hydrogens (tertiary/aromatic N) is 1. The summed E-state index contributed by atoms with van der Waals surface area (Å²) in [5.41, 5.74) is 2.90.